The monoisotopic (exact) mass is 267 g/mol. The average molecular weight is 267 g/mol. The highest BCUT2D eigenvalue weighted by molar-refractivity contribution is 5.66. The molecule has 0 aromatic rings. The second-order valence-electron chi connectivity index (χ2n) is 6.98. The predicted octanol–water partition coefficient (Wildman–Crippen LogP) is 3.39. The molecule has 1 saturated carbocycles. The zero-order chi connectivity index (χ0) is 13.8. The Labute approximate surface area is 117 Å². The molecule has 19 heavy (non-hydrogen) atoms. The van der Waals surface area contributed by atoms with Crippen LogP contribution in [-0.2, 0) is 4.79 Å². The average Bonchev–Trinajstić information content (AvgIpc) is 2.36. The Bertz CT molecular complexity index is 287. The van der Waals surface area contributed by atoms with Gasteiger partial charge in [-0.1, -0.05) is 13.8 Å². The van der Waals surface area contributed by atoms with E-state index in [0.29, 0.717) is 12.3 Å². The van der Waals surface area contributed by atoms with Crippen molar-refractivity contribution in [3.63, 3.8) is 0 Å². The first-order valence-corrected chi connectivity index (χ1v) is 8.00. The molecule has 1 N–H and O–H groups in total. The molecule has 1 saturated heterocycles. The molecule has 0 amide bonds. The first kappa shape index (κ1) is 14.8. The van der Waals surface area contributed by atoms with Crippen LogP contribution in [0.2, 0.25) is 0 Å². The SMILES string of the molecule is CC1CC(C)CC(N2CCC(CCC(=O)O)CC2)C1. The van der Waals surface area contributed by atoms with Crippen LogP contribution < -0.4 is 0 Å². The van der Waals surface area contributed by atoms with Crippen LogP contribution in [0.15, 0.2) is 0 Å². The van der Waals surface area contributed by atoms with Crippen molar-refractivity contribution in [2.75, 3.05) is 13.1 Å². The molecule has 1 heterocycles. The number of carboxylic acids is 1. The van der Waals surface area contributed by atoms with Gasteiger partial charge in [-0.25, -0.2) is 0 Å². The van der Waals surface area contributed by atoms with Crippen LogP contribution in [0, 0.1) is 17.8 Å². The van der Waals surface area contributed by atoms with Crippen molar-refractivity contribution in [3.05, 3.63) is 0 Å². The number of piperidine rings is 1. The molecule has 3 nitrogen and oxygen atoms in total. The summed E-state index contributed by atoms with van der Waals surface area (Å²) >= 11 is 0. The topological polar surface area (TPSA) is 40.5 Å². The molecule has 1 aliphatic carbocycles. The Kier molecular flexibility index (Phi) is 5.26. The highest BCUT2D eigenvalue weighted by Gasteiger charge is 2.30. The molecule has 0 aromatic heterocycles. The summed E-state index contributed by atoms with van der Waals surface area (Å²) in [5, 5.41) is 8.75. The Hall–Kier alpha value is -0.570. The van der Waals surface area contributed by atoms with Crippen LogP contribution in [0.1, 0.15) is 58.8 Å². The van der Waals surface area contributed by atoms with Crippen molar-refractivity contribution in [2.24, 2.45) is 17.8 Å². The minimum atomic E-state index is -0.641. The maximum Gasteiger partial charge on any atom is 0.303 e. The van der Waals surface area contributed by atoms with Crippen molar-refractivity contribution in [1.82, 2.24) is 4.90 Å². The first-order chi connectivity index (χ1) is 9.04. The van der Waals surface area contributed by atoms with Crippen molar-refractivity contribution >= 4 is 5.97 Å². The Morgan fingerprint density at radius 3 is 2.21 bits per heavy atom. The number of hydrogen-bond acceptors (Lipinski definition) is 2. The Morgan fingerprint density at radius 2 is 1.68 bits per heavy atom. The van der Waals surface area contributed by atoms with Gasteiger partial charge in [-0.05, 0) is 69.4 Å². The van der Waals surface area contributed by atoms with E-state index in [-0.39, 0.29) is 0 Å². The lowest BCUT2D eigenvalue weighted by Crippen LogP contribution is -2.44. The van der Waals surface area contributed by atoms with Gasteiger partial charge < -0.3 is 10.0 Å². The van der Waals surface area contributed by atoms with Gasteiger partial charge in [0.15, 0.2) is 0 Å². The van der Waals surface area contributed by atoms with Gasteiger partial charge in [0, 0.05) is 12.5 Å². The van der Waals surface area contributed by atoms with Gasteiger partial charge in [-0.2, -0.15) is 0 Å². The lowest BCUT2D eigenvalue weighted by molar-refractivity contribution is -0.137. The molecule has 1 aliphatic heterocycles. The van der Waals surface area contributed by atoms with E-state index in [2.05, 4.69) is 18.7 Å². The molecule has 0 spiro atoms. The summed E-state index contributed by atoms with van der Waals surface area (Å²) < 4.78 is 0. The highest BCUT2D eigenvalue weighted by Crippen LogP contribution is 2.34. The van der Waals surface area contributed by atoms with Crippen LogP contribution in [-0.4, -0.2) is 35.1 Å². The van der Waals surface area contributed by atoms with Gasteiger partial charge in [0.05, 0.1) is 0 Å². The normalized spacial score (nSPS) is 34.3. The van der Waals surface area contributed by atoms with E-state index in [9.17, 15) is 4.79 Å². The molecular formula is C16H29NO2. The lowest BCUT2D eigenvalue weighted by Gasteiger charge is -2.42. The Morgan fingerprint density at radius 1 is 1.11 bits per heavy atom. The van der Waals surface area contributed by atoms with Crippen molar-refractivity contribution < 1.29 is 9.90 Å². The predicted molar refractivity (Wildman–Crippen MR) is 77.1 cm³/mol. The molecule has 0 bridgehead atoms. The fourth-order valence-corrected chi connectivity index (χ4v) is 4.14. The molecular weight excluding hydrogens is 238 g/mol. The molecule has 2 rings (SSSR count). The quantitative estimate of drug-likeness (QED) is 0.849. The second kappa shape index (κ2) is 6.74. The lowest BCUT2D eigenvalue weighted by atomic mass is 9.79. The van der Waals surface area contributed by atoms with Gasteiger partial charge in [-0.15, -0.1) is 0 Å². The van der Waals surface area contributed by atoms with Gasteiger partial charge in [0.1, 0.15) is 0 Å². The van der Waals surface area contributed by atoms with E-state index in [4.69, 9.17) is 5.11 Å². The van der Waals surface area contributed by atoms with E-state index in [1.54, 1.807) is 0 Å². The molecule has 2 atom stereocenters. The summed E-state index contributed by atoms with van der Waals surface area (Å²) in [4.78, 5) is 13.3. The minimum absolute atomic E-state index is 0.349. The first-order valence-electron chi connectivity index (χ1n) is 8.00. The summed E-state index contributed by atoms with van der Waals surface area (Å²) in [7, 11) is 0. The van der Waals surface area contributed by atoms with E-state index in [1.165, 1.54) is 45.2 Å². The van der Waals surface area contributed by atoms with Gasteiger partial charge in [0.25, 0.3) is 0 Å². The number of rotatable bonds is 4. The minimum Gasteiger partial charge on any atom is -0.481 e. The zero-order valence-electron chi connectivity index (χ0n) is 12.5. The van der Waals surface area contributed by atoms with Gasteiger partial charge >= 0.3 is 5.97 Å². The molecule has 0 aromatic carbocycles. The van der Waals surface area contributed by atoms with Crippen molar-refractivity contribution in [1.29, 1.82) is 0 Å². The number of carbonyl (C=O) groups is 1. The van der Waals surface area contributed by atoms with Gasteiger partial charge in [0.2, 0.25) is 0 Å². The van der Waals surface area contributed by atoms with Crippen LogP contribution in [0.5, 0.6) is 0 Å². The fraction of sp³-hybridized carbons (Fsp3) is 0.938. The number of likely N-dealkylation sites (tertiary alicyclic amines) is 1. The largest absolute Gasteiger partial charge is 0.481 e. The summed E-state index contributed by atoms with van der Waals surface area (Å²) in [6, 6.07) is 0.791. The third-order valence-corrected chi connectivity index (χ3v) is 5.09. The smallest absolute Gasteiger partial charge is 0.303 e. The Balaban J connectivity index is 1.74. The fourth-order valence-electron chi connectivity index (χ4n) is 4.14. The third-order valence-electron chi connectivity index (χ3n) is 5.09. The second-order valence-corrected chi connectivity index (χ2v) is 6.98. The zero-order valence-corrected chi connectivity index (χ0v) is 12.5. The summed E-state index contributed by atoms with van der Waals surface area (Å²) in [6.45, 7) is 7.16. The van der Waals surface area contributed by atoms with E-state index in [1.807, 2.05) is 0 Å². The summed E-state index contributed by atoms with van der Waals surface area (Å²) in [6.07, 6.45) is 7.75. The molecule has 3 heteroatoms. The summed E-state index contributed by atoms with van der Waals surface area (Å²) in [5.41, 5.74) is 0. The van der Waals surface area contributed by atoms with Crippen LogP contribution in [0.25, 0.3) is 0 Å². The maximum absolute atomic E-state index is 10.6. The molecule has 2 aliphatic rings. The van der Waals surface area contributed by atoms with Crippen LogP contribution in [0.3, 0.4) is 0 Å². The number of carboxylic acid groups (broad SMARTS) is 1. The third kappa shape index (κ3) is 4.48. The van der Waals surface area contributed by atoms with E-state index < -0.39 is 5.97 Å². The van der Waals surface area contributed by atoms with Crippen LogP contribution >= 0.6 is 0 Å². The highest BCUT2D eigenvalue weighted by atomic mass is 16.4. The van der Waals surface area contributed by atoms with E-state index in [0.717, 1.165) is 24.3 Å². The van der Waals surface area contributed by atoms with E-state index >= 15 is 0 Å². The standard InChI is InChI=1S/C16H29NO2/c1-12-9-13(2)11-15(10-12)17-7-5-14(6-8-17)3-4-16(18)19/h12-15H,3-11H2,1-2H3,(H,18,19). The molecule has 2 fully saturated rings. The summed E-state index contributed by atoms with van der Waals surface area (Å²) in [5.74, 6) is 1.75. The number of nitrogens with zero attached hydrogens (tertiary/aromatic N) is 1. The van der Waals surface area contributed by atoms with Crippen LogP contribution in [0.4, 0.5) is 0 Å². The van der Waals surface area contributed by atoms with Crippen molar-refractivity contribution in [2.45, 2.75) is 64.8 Å². The molecule has 110 valence electrons. The molecule has 2 unspecified atom stereocenters. The maximum atomic E-state index is 10.6. The number of aliphatic carboxylic acids is 1. The van der Waals surface area contributed by atoms with Crippen molar-refractivity contribution in [3.8, 4) is 0 Å². The van der Waals surface area contributed by atoms with Gasteiger partial charge in [-0.3, -0.25) is 4.79 Å². The number of hydrogen-bond donors (Lipinski definition) is 1. The molecule has 0 radical (unpaired) electrons.